The maximum atomic E-state index is 12.8. The molecule has 2 aromatic carbocycles. The van der Waals surface area contributed by atoms with Crippen LogP contribution in [0.3, 0.4) is 0 Å². The second-order valence-corrected chi connectivity index (χ2v) is 8.19. The fraction of sp³-hybridized carbons (Fsp3) is 0.435. The molecular weight excluding hydrogens is 421 g/mol. The normalized spacial score (nSPS) is 27.7. The number of carbonyl (C=O) groups is 1. The summed E-state index contributed by atoms with van der Waals surface area (Å²) in [5, 5.41) is 6.68. The lowest BCUT2D eigenvalue weighted by Crippen LogP contribution is -2.51. The zero-order valence-electron chi connectivity index (χ0n) is 16.8. The van der Waals surface area contributed by atoms with E-state index >= 15 is 0 Å². The van der Waals surface area contributed by atoms with Crippen LogP contribution in [0.4, 0.5) is 0 Å². The lowest BCUT2D eigenvalue weighted by atomic mass is 9.95. The van der Waals surface area contributed by atoms with Crippen LogP contribution in [0.2, 0.25) is 0 Å². The molecule has 1 amide bonds. The first-order chi connectivity index (χ1) is 13.8. The number of carbonyl (C=O) groups excluding carboxylic acids is 1. The number of rotatable bonds is 3. The Balaban J connectivity index is 0.00000128. The van der Waals surface area contributed by atoms with Gasteiger partial charge in [0, 0.05) is 31.7 Å². The van der Waals surface area contributed by atoms with E-state index in [1.54, 1.807) is 0 Å². The third-order valence-electron chi connectivity index (χ3n) is 6.33. The van der Waals surface area contributed by atoms with Gasteiger partial charge in [-0.2, -0.15) is 0 Å². The molecule has 2 saturated heterocycles. The van der Waals surface area contributed by atoms with Crippen molar-refractivity contribution in [2.24, 2.45) is 0 Å². The fourth-order valence-electron chi connectivity index (χ4n) is 4.79. The minimum atomic E-state index is -0.138. The lowest BCUT2D eigenvalue weighted by Gasteiger charge is -2.35. The maximum absolute atomic E-state index is 12.8. The van der Waals surface area contributed by atoms with Crippen LogP contribution in [0.1, 0.15) is 29.2 Å². The van der Waals surface area contributed by atoms with Gasteiger partial charge in [0.05, 0.1) is 18.8 Å². The van der Waals surface area contributed by atoms with Gasteiger partial charge in [-0.15, -0.1) is 24.8 Å². The Morgan fingerprint density at radius 1 is 1.00 bits per heavy atom. The second kappa shape index (κ2) is 10.1. The second-order valence-electron chi connectivity index (χ2n) is 8.19. The van der Waals surface area contributed by atoms with Crippen molar-refractivity contribution in [3.8, 4) is 0 Å². The van der Waals surface area contributed by atoms with Crippen LogP contribution in [0, 0.1) is 0 Å². The molecule has 4 atom stereocenters. The van der Waals surface area contributed by atoms with Gasteiger partial charge >= 0.3 is 0 Å². The summed E-state index contributed by atoms with van der Waals surface area (Å²) in [5.41, 5.74) is 3.82. The SMILES string of the molecule is Cl.Cl.O=C(N[C@@H]1C[C@H]2CO[C@@H](c3ccccc3)CN2C1)[C@H]1Cc2ccccc2CN1. The summed E-state index contributed by atoms with van der Waals surface area (Å²) in [5.74, 6) is 0.125. The van der Waals surface area contributed by atoms with Crippen LogP contribution in [-0.2, 0) is 22.5 Å². The van der Waals surface area contributed by atoms with Gasteiger partial charge in [-0.05, 0) is 29.5 Å². The molecule has 0 aliphatic carbocycles. The van der Waals surface area contributed by atoms with E-state index in [1.807, 2.05) is 6.07 Å². The first kappa shape index (κ1) is 23.0. The third kappa shape index (κ3) is 4.82. The molecule has 0 aromatic heterocycles. The maximum Gasteiger partial charge on any atom is 0.237 e. The Kier molecular flexibility index (Phi) is 7.77. The highest BCUT2D eigenvalue weighted by molar-refractivity contribution is 5.85. The average Bonchev–Trinajstić information content (AvgIpc) is 3.15. The quantitative estimate of drug-likeness (QED) is 0.756. The summed E-state index contributed by atoms with van der Waals surface area (Å²) in [7, 11) is 0. The Labute approximate surface area is 190 Å². The van der Waals surface area contributed by atoms with Gasteiger partial charge in [0.1, 0.15) is 0 Å². The molecule has 2 aromatic rings. The average molecular weight is 450 g/mol. The topological polar surface area (TPSA) is 53.6 Å². The van der Waals surface area contributed by atoms with Crippen molar-refractivity contribution in [1.82, 2.24) is 15.5 Å². The number of amides is 1. The molecule has 3 heterocycles. The Morgan fingerprint density at radius 2 is 1.73 bits per heavy atom. The largest absolute Gasteiger partial charge is 0.371 e. The number of nitrogens with one attached hydrogen (secondary N) is 2. The molecule has 3 aliphatic heterocycles. The monoisotopic (exact) mass is 449 g/mol. The van der Waals surface area contributed by atoms with Crippen LogP contribution < -0.4 is 10.6 Å². The molecule has 0 spiro atoms. The third-order valence-corrected chi connectivity index (χ3v) is 6.33. The molecule has 0 bridgehead atoms. The van der Waals surface area contributed by atoms with E-state index in [9.17, 15) is 4.79 Å². The van der Waals surface area contributed by atoms with Crippen molar-refractivity contribution in [2.45, 2.75) is 43.6 Å². The van der Waals surface area contributed by atoms with E-state index in [-0.39, 0.29) is 48.9 Å². The Morgan fingerprint density at radius 3 is 2.53 bits per heavy atom. The van der Waals surface area contributed by atoms with Crippen LogP contribution in [0.15, 0.2) is 54.6 Å². The minimum Gasteiger partial charge on any atom is -0.371 e. The summed E-state index contributed by atoms with van der Waals surface area (Å²) < 4.78 is 6.12. The first-order valence-electron chi connectivity index (χ1n) is 10.3. The molecule has 5 nitrogen and oxygen atoms in total. The van der Waals surface area contributed by atoms with Gasteiger partial charge in [-0.3, -0.25) is 9.69 Å². The molecular formula is C23H29Cl2N3O2. The van der Waals surface area contributed by atoms with Gasteiger partial charge in [0.2, 0.25) is 5.91 Å². The van der Waals surface area contributed by atoms with E-state index in [4.69, 9.17) is 4.74 Å². The Bertz CT molecular complexity index is 851. The molecule has 2 N–H and O–H groups in total. The minimum absolute atomic E-state index is 0. The summed E-state index contributed by atoms with van der Waals surface area (Å²) >= 11 is 0. The summed E-state index contributed by atoms with van der Waals surface area (Å²) in [6.07, 6.45) is 1.86. The highest BCUT2D eigenvalue weighted by Crippen LogP contribution is 2.30. The smallest absolute Gasteiger partial charge is 0.237 e. The summed E-state index contributed by atoms with van der Waals surface area (Å²) in [6, 6.07) is 19.3. The van der Waals surface area contributed by atoms with Crippen molar-refractivity contribution in [1.29, 1.82) is 0 Å². The highest BCUT2D eigenvalue weighted by atomic mass is 35.5. The van der Waals surface area contributed by atoms with Crippen LogP contribution >= 0.6 is 24.8 Å². The van der Waals surface area contributed by atoms with Crippen molar-refractivity contribution in [2.75, 3.05) is 19.7 Å². The predicted octanol–water partition coefficient (Wildman–Crippen LogP) is 2.88. The van der Waals surface area contributed by atoms with E-state index in [0.29, 0.717) is 6.04 Å². The Hall–Kier alpha value is -1.63. The number of ether oxygens (including phenoxy) is 1. The number of benzene rings is 2. The number of hydrogen-bond acceptors (Lipinski definition) is 4. The van der Waals surface area contributed by atoms with Crippen molar-refractivity contribution >= 4 is 30.7 Å². The number of hydrogen-bond donors (Lipinski definition) is 2. The molecule has 162 valence electrons. The molecule has 0 saturated carbocycles. The zero-order chi connectivity index (χ0) is 18.9. The number of morpholine rings is 1. The molecule has 2 fully saturated rings. The van der Waals surface area contributed by atoms with Gasteiger partial charge in [0.15, 0.2) is 0 Å². The fourth-order valence-corrected chi connectivity index (χ4v) is 4.79. The van der Waals surface area contributed by atoms with Crippen molar-refractivity contribution in [3.63, 3.8) is 0 Å². The molecule has 30 heavy (non-hydrogen) atoms. The van der Waals surface area contributed by atoms with Crippen LogP contribution in [-0.4, -0.2) is 48.6 Å². The highest BCUT2D eigenvalue weighted by Gasteiger charge is 2.39. The number of halogens is 2. The van der Waals surface area contributed by atoms with Gasteiger partial charge < -0.3 is 15.4 Å². The van der Waals surface area contributed by atoms with E-state index < -0.39 is 0 Å². The molecule has 5 rings (SSSR count). The van der Waals surface area contributed by atoms with Gasteiger partial charge in [-0.1, -0.05) is 54.6 Å². The van der Waals surface area contributed by atoms with Gasteiger partial charge in [-0.25, -0.2) is 0 Å². The summed E-state index contributed by atoms with van der Waals surface area (Å²) in [4.78, 5) is 15.3. The molecule has 3 aliphatic rings. The van der Waals surface area contributed by atoms with E-state index in [2.05, 4.69) is 64.1 Å². The number of nitrogens with zero attached hydrogens (tertiary/aromatic N) is 1. The van der Waals surface area contributed by atoms with E-state index in [1.165, 1.54) is 16.7 Å². The standard InChI is InChI=1S/C23H27N3O2.2ClH/c27-23(21-10-17-8-4-5-9-18(17)12-24-21)25-19-11-20-15-28-22(14-26(20)13-19)16-6-2-1-3-7-16;;/h1-9,19-22,24H,10-15H2,(H,25,27);2*1H/t19-,20+,21-,22-;;/m1../s1. The summed E-state index contributed by atoms with van der Waals surface area (Å²) in [6.45, 7) is 3.31. The number of fused-ring (bicyclic) bond motifs is 2. The lowest BCUT2D eigenvalue weighted by molar-refractivity contribution is -0.124. The van der Waals surface area contributed by atoms with Crippen molar-refractivity contribution in [3.05, 3.63) is 71.3 Å². The van der Waals surface area contributed by atoms with E-state index in [0.717, 1.165) is 39.1 Å². The predicted molar refractivity (Wildman–Crippen MR) is 122 cm³/mol. The van der Waals surface area contributed by atoms with Crippen LogP contribution in [0.25, 0.3) is 0 Å². The molecule has 0 radical (unpaired) electrons. The van der Waals surface area contributed by atoms with Crippen LogP contribution in [0.5, 0.6) is 0 Å². The molecule has 7 heteroatoms. The molecule has 0 unspecified atom stereocenters. The first-order valence-corrected chi connectivity index (χ1v) is 10.3. The van der Waals surface area contributed by atoms with Gasteiger partial charge in [0.25, 0.3) is 0 Å². The zero-order valence-corrected chi connectivity index (χ0v) is 18.5. The van der Waals surface area contributed by atoms with Crippen molar-refractivity contribution < 1.29 is 9.53 Å².